The molecular weight excluding hydrogens is 528 g/mol. The molecule has 3 aromatic carbocycles. The lowest BCUT2D eigenvalue weighted by atomic mass is 9.70. The van der Waals surface area contributed by atoms with E-state index in [0.717, 1.165) is 44.9 Å². The summed E-state index contributed by atoms with van der Waals surface area (Å²) in [6, 6.07) is 16.2. The molecule has 0 radical (unpaired) electrons. The molecule has 7 rings (SSSR count). The molecule has 3 unspecified atom stereocenters. The highest BCUT2D eigenvalue weighted by Gasteiger charge is 2.41. The summed E-state index contributed by atoms with van der Waals surface area (Å²) in [6.45, 7) is 19.6. The summed E-state index contributed by atoms with van der Waals surface area (Å²) >= 11 is 0. The lowest BCUT2D eigenvalue weighted by molar-refractivity contribution is 0.723. The Hall–Kier alpha value is -3.38. The van der Waals surface area contributed by atoms with E-state index in [1.165, 1.54) is 34.2 Å². The molecule has 0 N–H and O–H groups in total. The Bertz CT molecular complexity index is 1600. The van der Waals surface area contributed by atoms with E-state index in [4.69, 9.17) is 0 Å². The van der Waals surface area contributed by atoms with E-state index in [1.807, 2.05) is 27.7 Å². The highest BCUT2D eigenvalue weighted by molar-refractivity contribution is 5.82. The molecule has 0 heterocycles. The van der Waals surface area contributed by atoms with Crippen LogP contribution in [-0.4, -0.2) is 0 Å². The van der Waals surface area contributed by atoms with Gasteiger partial charge in [-0.25, -0.2) is 0 Å². The van der Waals surface area contributed by atoms with E-state index in [1.54, 1.807) is 44.5 Å². The highest BCUT2D eigenvalue weighted by Crippen LogP contribution is 2.56. The van der Waals surface area contributed by atoms with Crippen LogP contribution in [0.1, 0.15) is 147 Å². The minimum absolute atomic E-state index is 0.315. The van der Waals surface area contributed by atoms with Crippen molar-refractivity contribution in [2.75, 3.05) is 0 Å². The van der Waals surface area contributed by atoms with Crippen molar-refractivity contribution in [1.82, 2.24) is 0 Å². The molecular formula is C44H54. The number of rotatable bonds is 3. The summed E-state index contributed by atoms with van der Waals surface area (Å²) in [7, 11) is 0. The molecule has 3 atom stereocenters. The fourth-order valence-electron chi connectivity index (χ4n) is 8.67. The zero-order valence-electron chi connectivity index (χ0n) is 28.5. The van der Waals surface area contributed by atoms with E-state index in [9.17, 15) is 0 Å². The van der Waals surface area contributed by atoms with Crippen LogP contribution in [0.15, 0.2) is 72.8 Å². The minimum atomic E-state index is 0.315. The fraction of sp³-hybridized carbons (Fsp3) is 0.409. The first-order valence-electron chi connectivity index (χ1n) is 17.7. The number of aryl methyl sites for hydroxylation is 1. The maximum absolute atomic E-state index is 4.46. The van der Waals surface area contributed by atoms with E-state index < -0.39 is 0 Å². The van der Waals surface area contributed by atoms with Crippen LogP contribution in [0.4, 0.5) is 0 Å². The third-order valence-corrected chi connectivity index (χ3v) is 10.4. The average Bonchev–Trinajstić information content (AvgIpc) is 3.38. The topological polar surface area (TPSA) is 0 Å². The molecule has 4 aliphatic rings. The van der Waals surface area contributed by atoms with Crippen molar-refractivity contribution in [1.29, 1.82) is 0 Å². The van der Waals surface area contributed by atoms with Crippen LogP contribution in [0.2, 0.25) is 0 Å². The average molecular weight is 583 g/mol. The van der Waals surface area contributed by atoms with Gasteiger partial charge in [-0.15, -0.1) is 6.58 Å². The van der Waals surface area contributed by atoms with Gasteiger partial charge >= 0.3 is 0 Å². The van der Waals surface area contributed by atoms with Crippen LogP contribution in [0.3, 0.4) is 0 Å². The zero-order chi connectivity index (χ0) is 31.4. The van der Waals surface area contributed by atoms with E-state index in [2.05, 4.69) is 100 Å². The largest absolute Gasteiger partial charge is 0.102 e. The number of benzene rings is 3. The van der Waals surface area contributed by atoms with Crippen LogP contribution >= 0.6 is 0 Å². The molecule has 0 saturated heterocycles. The molecule has 0 spiro atoms. The van der Waals surface area contributed by atoms with Gasteiger partial charge in [0, 0.05) is 17.8 Å². The van der Waals surface area contributed by atoms with Crippen LogP contribution in [-0.2, 0) is 32.1 Å². The summed E-state index contributed by atoms with van der Waals surface area (Å²) in [5.41, 5.74) is 20.3. The van der Waals surface area contributed by atoms with Gasteiger partial charge in [-0.05, 0) is 125 Å². The van der Waals surface area contributed by atoms with Gasteiger partial charge in [0.05, 0.1) is 0 Å². The van der Waals surface area contributed by atoms with Gasteiger partial charge < -0.3 is 0 Å². The SMILES string of the molecule is C=CC1Cc2ccccc2CCC/C=C(\C)c2c(CC)c3c(c(CC)c21)CC1C(=C3)C2CC=Cc3cccc1c32.CC.CC. The van der Waals surface area contributed by atoms with E-state index in [-0.39, 0.29) is 0 Å². The second-order valence-electron chi connectivity index (χ2n) is 12.4. The molecule has 0 saturated carbocycles. The standard InChI is InChI=1S/C40H42.2C2H6/c1-5-26-22-29-17-11-10-16-27(29)15-9-8-14-25(4)38-30(6-2)34-23-36-32-20-12-18-28-19-13-21-33(39(28)32)37(36)24-35(34)31(7-3)40(26)38;2*1-2/h5,10-14,16-19,21,23,26,32,37H,1,6-9,15,20,22,24H2,2-4H3;2*1-2H3/b25-14+;;. The van der Waals surface area contributed by atoms with E-state index >= 15 is 0 Å². The summed E-state index contributed by atoms with van der Waals surface area (Å²) < 4.78 is 0. The number of fused-ring (bicyclic) bond motifs is 6. The molecule has 0 bridgehead atoms. The number of allylic oxidation sites excluding steroid dienone is 5. The van der Waals surface area contributed by atoms with Crippen molar-refractivity contribution >= 4 is 17.7 Å². The van der Waals surface area contributed by atoms with Gasteiger partial charge in [-0.3, -0.25) is 0 Å². The third kappa shape index (κ3) is 5.40. The summed E-state index contributed by atoms with van der Waals surface area (Å²) in [6.07, 6.45) is 21.2. The number of hydrogen-bond donors (Lipinski definition) is 0. The van der Waals surface area contributed by atoms with Crippen molar-refractivity contribution in [3.8, 4) is 0 Å². The second-order valence-corrected chi connectivity index (χ2v) is 12.4. The van der Waals surface area contributed by atoms with Crippen molar-refractivity contribution in [3.63, 3.8) is 0 Å². The lowest BCUT2D eigenvalue weighted by Crippen LogP contribution is -2.19. The van der Waals surface area contributed by atoms with Crippen LogP contribution in [0.25, 0.3) is 17.7 Å². The van der Waals surface area contributed by atoms with Crippen LogP contribution in [0.5, 0.6) is 0 Å². The maximum Gasteiger partial charge on any atom is 0.0102 e. The Morgan fingerprint density at radius 3 is 2.32 bits per heavy atom. The molecule has 44 heavy (non-hydrogen) atoms. The monoisotopic (exact) mass is 582 g/mol. The Morgan fingerprint density at radius 1 is 0.841 bits per heavy atom. The first-order valence-corrected chi connectivity index (χ1v) is 17.7. The second kappa shape index (κ2) is 14.2. The Morgan fingerprint density at radius 2 is 1.59 bits per heavy atom. The molecule has 0 aromatic heterocycles. The fourth-order valence-corrected chi connectivity index (χ4v) is 8.67. The zero-order valence-corrected chi connectivity index (χ0v) is 28.5. The summed E-state index contributed by atoms with van der Waals surface area (Å²) in [5.74, 6) is 1.38. The van der Waals surface area contributed by atoms with Gasteiger partial charge in [0.25, 0.3) is 0 Å². The normalized spacial score (nSPS) is 21.9. The molecule has 0 amide bonds. The first-order chi connectivity index (χ1) is 21.6. The number of hydrogen-bond acceptors (Lipinski definition) is 0. The first kappa shape index (κ1) is 32.0. The highest BCUT2D eigenvalue weighted by atomic mass is 14.4. The van der Waals surface area contributed by atoms with Gasteiger partial charge in [0.15, 0.2) is 0 Å². The Kier molecular flexibility index (Phi) is 10.3. The minimum Gasteiger partial charge on any atom is -0.102 e. The predicted molar refractivity (Wildman–Crippen MR) is 195 cm³/mol. The van der Waals surface area contributed by atoms with Gasteiger partial charge in [0.1, 0.15) is 0 Å². The molecule has 0 fully saturated rings. The van der Waals surface area contributed by atoms with Gasteiger partial charge in [-0.2, -0.15) is 0 Å². The molecule has 4 aliphatic carbocycles. The van der Waals surface area contributed by atoms with Gasteiger partial charge in [-0.1, -0.05) is 120 Å². The Labute approximate surface area is 268 Å². The quantitative estimate of drug-likeness (QED) is 0.269. The van der Waals surface area contributed by atoms with Crippen molar-refractivity contribution in [2.45, 2.75) is 118 Å². The molecule has 0 heteroatoms. The molecule has 230 valence electrons. The smallest absolute Gasteiger partial charge is 0.0102 e. The van der Waals surface area contributed by atoms with Gasteiger partial charge in [0.2, 0.25) is 0 Å². The van der Waals surface area contributed by atoms with Crippen LogP contribution in [0, 0.1) is 0 Å². The molecule has 0 nitrogen and oxygen atoms in total. The molecule has 3 aromatic rings. The summed E-state index contributed by atoms with van der Waals surface area (Å²) in [5, 5.41) is 0. The predicted octanol–water partition coefficient (Wildman–Crippen LogP) is 12.4. The lowest BCUT2D eigenvalue weighted by Gasteiger charge is -2.33. The third-order valence-electron chi connectivity index (χ3n) is 10.4. The van der Waals surface area contributed by atoms with E-state index in [0.29, 0.717) is 17.8 Å². The summed E-state index contributed by atoms with van der Waals surface area (Å²) in [4.78, 5) is 0. The van der Waals surface area contributed by atoms with Crippen molar-refractivity contribution < 1.29 is 0 Å². The molecule has 0 aliphatic heterocycles. The maximum atomic E-state index is 4.46. The van der Waals surface area contributed by atoms with Crippen molar-refractivity contribution in [2.24, 2.45) is 0 Å². The Balaban J connectivity index is 0.000000924. The van der Waals surface area contributed by atoms with Crippen molar-refractivity contribution in [3.05, 3.63) is 134 Å². The van der Waals surface area contributed by atoms with Crippen LogP contribution < -0.4 is 0 Å².